The highest BCUT2D eigenvalue weighted by molar-refractivity contribution is 6.12. The topological polar surface area (TPSA) is 97.3 Å². The van der Waals surface area contributed by atoms with E-state index in [-0.39, 0.29) is 0 Å². The molecule has 8 nitrogen and oxygen atoms in total. The molecule has 32 heavy (non-hydrogen) atoms. The third kappa shape index (κ3) is 2.77. The second-order valence-corrected chi connectivity index (χ2v) is 7.59. The minimum atomic E-state index is 0.750. The number of pyridine rings is 1. The van der Waals surface area contributed by atoms with Gasteiger partial charge in [0, 0.05) is 53.0 Å². The van der Waals surface area contributed by atoms with E-state index in [9.17, 15) is 0 Å². The van der Waals surface area contributed by atoms with E-state index in [0.29, 0.717) is 0 Å². The Hall–Kier alpha value is -4.46. The lowest BCUT2D eigenvalue weighted by Gasteiger charge is -2.10. The van der Waals surface area contributed by atoms with Gasteiger partial charge in [-0.3, -0.25) is 19.9 Å². The highest BCUT2D eigenvalue weighted by atomic mass is 16.5. The number of hydrogen-bond acceptors (Lipinski definition) is 5. The Kier molecular flexibility index (Phi) is 4.04. The fraction of sp³-hybridized carbons (Fsp3) is 0.0833. The Bertz CT molecular complexity index is 1550. The second-order valence-electron chi connectivity index (χ2n) is 7.59. The van der Waals surface area contributed by atoms with Crippen LogP contribution < -0.4 is 4.74 Å². The molecule has 8 heteroatoms. The molecule has 0 spiro atoms. The van der Waals surface area contributed by atoms with Crippen LogP contribution in [-0.4, -0.2) is 42.3 Å². The molecule has 156 valence electrons. The minimum Gasteiger partial charge on any atom is -0.496 e. The predicted octanol–water partition coefficient (Wildman–Crippen LogP) is 4.58. The second kappa shape index (κ2) is 7.05. The molecule has 6 aromatic rings. The first kappa shape index (κ1) is 18.3. The molecule has 2 N–H and O–H groups in total. The standard InChI is InChI=1S/C24H19N7O/c1-31-21-13-25-20-10-22(32-2)17(16-11-27-28-12-16)9-18(20)23(21)24(30-31)15-5-3-14(4-6-15)19-7-8-26-29-19/h3-13H,1-2H3,(H,26,29)(H,27,28). The third-order valence-corrected chi connectivity index (χ3v) is 5.78. The lowest BCUT2D eigenvalue weighted by molar-refractivity contribution is 0.417. The summed E-state index contributed by atoms with van der Waals surface area (Å²) in [4.78, 5) is 4.68. The molecule has 0 saturated heterocycles. The molecule has 0 amide bonds. The Morgan fingerprint density at radius 3 is 2.50 bits per heavy atom. The first-order valence-electron chi connectivity index (χ1n) is 10.2. The summed E-state index contributed by atoms with van der Waals surface area (Å²) in [5.74, 6) is 0.750. The molecule has 0 atom stereocenters. The van der Waals surface area contributed by atoms with Crippen LogP contribution in [0.4, 0.5) is 0 Å². The number of hydrogen-bond donors (Lipinski definition) is 2. The normalized spacial score (nSPS) is 11.4. The summed E-state index contributed by atoms with van der Waals surface area (Å²) in [6.45, 7) is 0. The first-order valence-corrected chi connectivity index (χ1v) is 10.2. The van der Waals surface area contributed by atoms with Crippen LogP contribution in [0.2, 0.25) is 0 Å². The van der Waals surface area contributed by atoms with Gasteiger partial charge >= 0.3 is 0 Å². The minimum absolute atomic E-state index is 0.750. The lowest BCUT2D eigenvalue weighted by atomic mass is 9.99. The fourth-order valence-electron chi connectivity index (χ4n) is 4.18. The van der Waals surface area contributed by atoms with E-state index < -0.39 is 0 Å². The monoisotopic (exact) mass is 421 g/mol. The van der Waals surface area contributed by atoms with Crippen molar-refractivity contribution in [1.29, 1.82) is 0 Å². The molecule has 0 bridgehead atoms. The van der Waals surface area contributed by atoms with E-state index in [1.165, 1.54) is 0 Å². The van der Waals surface area contributed by atoms with Crippen molar-refractivity contribution in [3.8, 4) is 39.4 Å². The number of ether oxygens (including phenoxy) is 1. The van der Waals surface area contributed by atoms with Crippen molar-refractivity contribution < 1.29 is 4.74 Å². The van der Waals surface area contributed by atoms with E-state index in [1.54, 1.807) is 19.5 Å². The highest BCUT2D eigenvalue weighted by Crippen LogP contribution is 2.39. The zero-order valence-corrected chi connectivity index (χ0v) is 17.5. The number of rotatable bonds is 4. The molecule has 0 aliphatic rings. The number of methoxy groups -OCH3 is 1. The summed E-state index contributed by atoms with van der Waals surface area (Å²) in [7, 11) is 3.61. The summed E-state index contributed by atoms with van der Waals surface area (Å²) in [6, 6.07) is 14.4. The molecule has 6 rings (SSSR count). The summed E-state index contributed by atoms with van der Waals surface area (Å²) in [5.41, 5.74) is 7.72. The van der Waals surface area contributed by atoms with Crippen LogP contribution in [0.1, 0.15) is 0 Å². The molecule has 0 radical (unpaired) electrons. The van der Waals surface area contributed by atoms with Crippen LogP contribution >= 0.6 is 0 Å². The summed E-state index contributed by atoms with van der Waals surface area (Å²) in [5, 5.41) is 20.9. The van der Waals surface area contributed by atoms with Gasteiger partial charge in [-0.05, 0) is 17.7 Å². The molecular formula is C24H19N7O. The van der Waals surface area contributed by atoms with Crippen molar-refractivity contribution in [2.24, 2.45) is 7.05 Å². The number of aryl methyl sites for hydroxylation is 1. The maximum Gasteiger partial charge on any atom is 0.128 e. The quantitative estimate of drug-likeness (QED) is 0.434. The van der Waals surface area contributed by atoms with Crippen molar-refractivity contribution in [1.82, 2.24) is 35.2 Å². The Labute approximate surface area is 182 Å². The molecular weight excluding hydrogens is 402 g/mol. The van der Waals surface area contributed by atoms with E-state index in [4.69, 9.17) is 9.84 Å². The van der Waals surface area contributed by atoms with Crippen LogP contribution in [0.3, 0.4) is 0 Å². The number of H-pyrrole nitrogens is 2. The number of benzene rings is 2. The van der Waals surface area contributed by atoms with Gasteiger partial charge in [0.1, 0.15) is 11.4 Å². The fourth-order valence-corrected chi connectivity index (χ4v) is 4.18. The van der Waals surface area contributed by atoms with Gasteiger partial charge in [0.15, 0.2) is 0 Å². The predicted molar refractivity (Wildman–Crippen MR) is 123 cm³/mol. The van der Waals surface area contributed by atoms with Gasteiger partial charge in [0.2, 0.25) is 0 Å². The first-order chi connectivity index (χ1) is 15.7. The van der Waals surface area contributed by atoms with Crippen molar-refractivity contribution in [2.45, 2.75) is 0 Å². The van der Waals surface area contributed by atoms with Gasteiger partial charge < -0.3 is 4.74 Å². The Balaban J connectivity index is 1.60. The Morgan fingerprint density at radius 1 is 0.938 bits per heavy atom. The number of aromatic amines is 2. The van der Waals surface area contributed by atoms with Crippen LogP contribution in [0.25, 0.3) is 55.4 Å². The van der Waals surface area contributed by atoms with Crippen LogP contribution in [0.5, 0.6) is 5.75 Å². The molecule has 0 saturated carbocycles. The summed E-state index contributed by atoms with van der Waals surface area (Å²) >= 11 is 0. The van der Waals surface area contributed by atoms with Gasteiger partial charge in [-0.15, -0.1) is 0 Å². The smallest absolute Gasteiger partial charge is 0.128 e. The van der Waals surface area contributed by atoms with E-state index in [1.807, 2.05) is 36.3 Å². The zero-order chi connectivity index (χ0) is 21.7. The molecule has 0 unspecified atom stereocenters. The number of fused-ring (bicyclic) bond motifs is 3. The van der Waals surface area contributed by atoms with Crippen molar-refractivity contribution in [3.05, 3.63) is 67.3 Å². The van der Waals surface area contributed by atoms with E-state index in [0.717, 1.165) is 61.2 Å². The molecule has 4 heterocycles. The number of nitrogens with one attached hydrogen (secondary N) is 2. The number of nitrogens with zero attached hydrogens (tertiary/aromatic N) is 5. The molecule has 0 fully saturated rings. The SMILES string of the molecule is COc1cc2ncc3c(c(-c4ccc(-c5ccn[nH]5)cc4)nn3C)c2cc1-c1cn[nH]c1. The maximum atomic E-state index is 5.65. The zero-order valence-electron chi connectivity index (χ0n) is 17.5. The van der Waals surface area contributed by atoms with Crippen molar-refractivity contribution in [3.63, 3.8) is 0 Å². The summed E-state index contributed by atoms with van der Waals surface area (Å²) < 4.78 is 7.52. The lowest BCUT2D eigenvalue weighted by Crippen LogP contribution is -1.92. The highest BCUT2D eigenvalue weighted by Gasteiger charge is 2.18. The largest absolute Gasteiger partial charge is 0.496 e. The average molecular weight is 421 g/mol. The average Bonchev–Trinajstić information content (AvgIpc) is 3.60. The van der Waals surface area contributed by atoms with Crippen molar-refractivity contribution in [2.75, 3.05) is 7.11 Å². The maximum absolute atomic E-state index is 5.65. The molecule has 0 aliphatic carbocycles. The van der Waals surface area contributed by atoms with Crippen LogP contribution in [0.15, 0.2) is 67.3 Å². The van der Waals surface area contributed by atoms with Crippen molar-refractivity contribution >= 4 is 21.8 Å². The van der Waals surface area contributed by atoms with Gasteiger partial charge in [0.25, 0.3) is 0 Å². The molecule has 2 aromatic carbocycles. The van der Waals surface area contributed by atoms with Gasteiger partial charge in [-0.1, -0.05) is 24.3 Å². The van der Waals surface area contributed by atoms with Gasteiger partial charge in [-0.25, -0.2) is 0 Å². The van der Waals surface area contributed by atoms with Crippen LogP contribution in [0, 0.1) is 0 Å². The summed E-state index contributed by atoms with van der Waals surface area (Å²) in [6.07, 6.45) is 7.26. The third-order valence-electron chi connectivity index (χ3n) is 5.78. The Morgan fingerprint density at radius 2 is 1.78 bits per heavy atom. The number of aromatic nitrogens is 7. The van der Waals surface area contributed by atoms with Gasteiger partial charge in [0.05, 0.1) is 36.2 Å². The van der Waals surface area contributed by atoms with Crippen LogP contribution in [-0.2, 0) is 7.05 Å². The van der Waals surface area contributed by atoms with E-state index >= 15 is 0 Å². The molecule has 4 aromatic heterocycles. The van der Waals surface area contributed by atoms with E-state index in [2.05, 4.69) is 55.7 Å². The van der Waals surface area contributed by atoms with Gasteiger partial charge in [-0.2, -0.15) is 15.3 Å². The molecule has 0 aliphatic heterocycles.